The van der Waals surface area contributed by atoms with Gasteiger partial charge in [-0.25, -0.2) is 18.4 Å². The lowest BCUT2D eigenvalue weighted by atomic mass is 10.2. The molecule has 32 heavy (non-hydrogen) atoms. The summed E-state index contributed by atoms with van der Waals surface area (Å²) in [5.41, 5.74) is 3.15. The maximum atomic E-state index is 12.4. The minimum absolute atomic E-state index is 0.297. The number of sulfonamides is 1. The van der Waals surface area contributed by atoms with Gasteiger partial charge in [0.15, 0.2) is 5.16 Å². The molecule has 1 N–H and O–H groups in total. The molecule has 0 aliphatic rings. The number of nitrogens with zero attached hydrogens (tertiary/aromatic N) is 3. The van der Waals surface area contributed by atoms with Gasteiger partial charge in [-0.05, 0) is 67.6 Å². The fourth-order valence-corrected chi connectivity index (χ4v) is 4.47. The van der Waals surface area contributed by atoms with E-state index in [4.69, 9.17) is 0 Å². The molecule has 3 rings (SSSR count). The molecule has 3 aromatic rings. The van der Waals surface area contributed by atoms with E-state index in [1.54, 1.807) is 24.3 Å². The van der Waals surface area contributed by atoms with E-state index in [0.29, 0.717) is 10.8 Å². The van der Waals surface area contributed by atoms with Crippen LogP contribution in [0.2, 0.25) is 0 Å². The molecule has 0 saturated heterocycles. The molecule has 0 atom stereocenters. The summed E-state index contributed by atoms with van der Waals surface area (Å²) in [7, 11) is -2.35. The molecule has 1 heterocycles. The Morgan fingerprint density at radius 1 is 1.03 bits per heavy atom. The van der Waals surface area contributed by atoms with Crippen LogP contribution in [0.5, 0.6) is 0 Å². The predicted octanol–water partition coefficient (Wildman–Crippen LogP) is 4.12. The van der Waals surface area contributed by atoms with Gasteiger partial charge in [0.05, 0.1) is 6.54 Å². The zero-order chi connectivity index (χ0) is 23.1. The van der Waals surface area contributed by atoms with Gasteiger partial charge in [0.25, 0.3) is 0 Å². The van der Waals surface area contributed by atoms with Crippen molar-refractivity contribution in [2.75, 3.05) is 18.9 Å². The monoisotopic (exact) mass is 468 g/mol. The van der Waals surface area contributed by atoms with Gasteiger partial charge in [0, 0.05) is 34.4 Å². The molecule has 1 amide bonds. The number of carbonyl (C=O) groups is 1. The van der Waals surface area contributed by atoms with Crippen LogP contribution in [-0.2, 0) is 14.8 Å². The molecule has 9 heteroatoms. The van der Waals surface area contributed by atoms with E-state index in [-0.39, 0.29) is 6.54 Å². The lowest BCUT2D eigenvalue weighted by Gasteiger charge is -2.14. The molecule has 0 spiro atoms. The van der Waals surface area contributed by atoms with Crippen molar-refractivity contribution in [2.24, 2.45) is 0 Å². The smallest absolute Gasteiger partial charge is 0.239 e. The van der Waals surface area contributed by atoms with Gasteiger partial charge in [-0.2, -0.15) is 4.31 Å². The summed E-state index contributed by atoms with van der Waals surface area (Å²) >= 11 is 1.43. The summed E-state index contributed by atoms with van der Waals surface area (Å²) in [4.78, 5) is 22.1. The Kier molecular flexibility index (Phi) is 7.79. The second-order valence-electron chi connectivity index (χ2n) is 7.12. The first-order valence-electron chi connectivity index (χ1n) is 9.81. The third-order valence-electron chi connectivity index (χ3n) is 4.34. The van der Waals surface area contributed by atoms with Gasteiger partial charge < -0.3 is 5.32 Å². The summed E-state index contributed by atoms with van der Waals surface area (Å²) in [5.74, 6) is -0.428. The number of likely N-dealkylation sites (N-methyl/N-ethyl adjacent to an activating group) is 1. The largest absolute Gasteiger partial charge is 0.325 e. The molecular weight excluding hydrogens is 444 g/mol. The van der Waals surface area contributed by atoms with Gasteiger partial charge in [-0.1, -0.05) is 30.3 Å². The maximum Gasteiger partial charge on any atom is 0.239 e. The van der Waals surface area contributed by atoms with Crippen molar-refractivity contribution in [1.82, 2.24) is 14.3 Å². The number of benzene rings is 2. The summed E-state index contributed by atoms with van der Waals surface area (Å²) in [5, 5.41) is 4.47. The summed E-state index contributed by atoms with van der Waals surface area (Å²) < 4.78 is 25.8. The van der Waals surface area contributed by atoms with Crippen LogP contribution in [0.4, 0.5) is 5.69 Å². The molecule has 2 aromatic carbocycles. The average Bonchev–Trinajstić information content (AvgIpc) is 2.74. The first-order valence-corrected chi connectivity index (χ1v) is 12.1. The number of amides is 1. The Balaban J connectivity index is 1.56. The van der Waals surface area contributed by atoms with Crippen LogP contribution in [0, 0.1) is 13.8 Å². The number of aromatic nitrogens is 2. The van der Waals surface area contributed by atoms with Crippen molar-refractivity contribution in [3.8, 4) is 0 Å². The highest BCUT2D eigenvalue weighted by molar-refractivity contribution is 7.99. The molecule has 0 radical (unpaired) electrons. The number of hydrogen-bond donors (Lipinski definition) is 1. The van der Waals surface area contributed by atoms with Crippen molar-refractivity contribution >= 4 is 39.5 Å². The Morgan fingerprint density at radius 3 is 2.28 bits per heavy atom. The number of hydrogen-bond acceptors (Lipinski definition) is 6. The molecule has 0 aliphatic carbocycles. The summed E-state index contributed by atoms with van der Waals surface area (Å²) in [6.07, 6.45) is 1.50. The first-order chi connectivity index (χ1) is 15.2. The van der Waals surface area contributed by atoms with Crippen molar-refractivity contribution < 1.29 is 13.2 Å². The van der Waals surface area contributed by atoms with E-state index >= 15 is 0 Å². The zero-order valence-corrected chi connectivity index (χ0v) is 19.7. The molecule has 7 nitrogen and oxygen atoms in total. The highest BCUT2D eigenvalue weighted by Crippen LogP contribution is 2.26. The summed E-state index contributed by atoms with van der Waals surface area (Å²) in [6, 6.07) is 18.2. The molecule has 0 fully saturated rings. The van der Waals surface area contributed by atoms with E-state index in [0.717, 1.165) is 31.6 Å². The van der Waals surface area contributed by atoms with Crippen LogP contribution in [-0.4, -0.2) is 42.2 Å². The fraction of sp³-hybridized carbons (Fsp3) is 0.174. The van der Waals surface area contributed by atoms with E-state index < -0.39 is 15.9 Å². The lowest BCUT2D eigenvalue weighted by Crippen LogP contribution is -2.33. The highest BCUT2D eigenvalue weighted by atomic mass is 32.2. The minimum atomic E-state index is -3.72. The summed E-state index contributed by atoms with van der Waals surface area (Å²) in [6.45, 7) is 3.55. The Bertz CT molecular complexity index is 1190. The predicted molar refractivity (Wildman–Crippen MR) is 128 cm³/mol. The topological polar surface area (TPSA) is 92.3 Å². The van der Waals surface area contributed by atoms with Crippen LogP contribution >= 0.6 is 11.8 Å². The third-order valence-corrected chi connectivity index (χ3v) is 6.69. The molecule has 1 aromatic heterocycles. The van der Waals surface area contributed by atoms with Crippen LogP contribution in [0.1, 0.15) is 17.0 Å². The Labute approximate surface area is 192 Å². The van der Waals surface area contributed by atoms with Gasteiger partial charge >= 0.3 is 0 Å². The van der Waals surface area contributed by atoms with Crippen molar-refractivity contribution in [1.29, 1.82) is 0 Å². The second-order valence-corrected chi connectivity index (χ2v) is 10.1. The molecule has 0 saturated carbocycles. The van der Waals surface area contributed by atoms with E-state index in [2.05, 4.69) is 15.3 Å². The number of carbonyl (C=O) groups excluding carboxylic acids is 1. The minimum Gasteiger partial charge on any atom is -0.325 e. The lowest BCUT2D eigenvalue weighted by molar-refractivity contribution is -0.116. The average molecular weight is 469 g/mol. The highest BCUT2D eigenvalue weighted by Gasteiger charge is 2.17. The third kappa shape index (κ3) is 7.01. The van der Waals surface area contributed by atoms with Crippen LogP contribution < -0.4 is 5.32 Å². The van der Waals surface area contributed by atoms with Crippen molar-refractivity contribution in [3.05, 3.63) is 83.0 Å². The van der Waals surface area contributed by atoms with Gasteiger partial charge in [-0.3, -0.25) is 4.79 Å². The number of rotatable bonds is 8. The molecule has 0 unspecified atom stereocenters. The molecule has 0 aliphatic heterocycles. The number of aryl methyl sites for hydroxylation is 2. The SMILES string of the molecule is Cc1cc(C)nc(Sc2ccc(NC(=O)CN(C)S(=O)(=O)C=Cc3ccccc3)cc2)n1. The van der Waals surface area contributed by atoms with Gasteiger partial charge in [0.1, 0.15) is 0 Å². The zero-order valence-electron chi connectivity index (χ0n) is 18.0. The number of anilines is 1. The van der Waals surface area contributed by atoms with Gasteiger partial charge in [0.2, 0.25) is 15.9 Å². The second kappa shape index (κ2) is 10.5. The first kappa shape index (κ1) is 23.6. The Hall–Kier alpha value is -3.01. The molecule has 0 bridgehead atoms. The fourth-order valence-electron chi connectivity index (χ4n) is 2.78. The molecular formula is C23H24N4O3S2. The van der Waals surface area contributed by atoms with Crippen molar-refractivity contribution in [3.63, 3.8) is 0 Å². The van der Waals surface area contributed by atoms with Gasteiger partial charge in [-0.15, -0.1) is 0 Å². The number of nitrogens with one attached hydrogen (secondary N) is 1. The van der Waals surface area contributed by atoms with E-state index in [1.165, 1.54) is 24.9 Å². The van der Waals surface area contributed by atoms with E-state index in [9.17, 15) is 13.2 Å². The van der Waals surface area contributed by atoms with Crippen LogP contribution in [0.15, 0.2) is 76.1 Å². The molecule has 166 valence electrons. The Morgan fingerprint density at radius 2 is 1.66 bits per heavy atom. The van der Waals surface area contributed by atoms with Crippen LogP contribution in [0.25, 0.3) is 6.08 Å². The normalized spacial score (nSPS) is 11.8. The standard InChI is InChI=1S/C23H24N4O3S2/c1-17-15-18(2)25-23(24-17)31-21-11-9-20(10-12-21)26-22(28)16-27(3)32(29,30)14-13-19-7-5-4-6-8-19/h4-15H,16H2,1-3H3,(H,26,28). The maximum absolute atomic E-state index is 12.4. The quantitative estimate of drug-likeness (QED) is 0.500. The van der Waals surface area contributed by atoms with E-state index in [1.807, 2.05) is 50.2 Å². The van der Waals surface area contributed by atoms with Crippen molar-refractivity contribution in [2.45, 2.75) is 23.9 Å². The van der Waals surface area contributed by atoms with Crippen LogP contribution in [0.3, 0.4) is 0 Å².